The summed E-state index contributed by atoms with van der Waals surface area (Å²) >= 11 is 0. The third kappa shape index (κ3) is 6.95. The molecule has 0 saturated heterocycles. The number of carbonyl (C=O) groups excluding carboxylic acids is 2. The molecule has 0 saturated carbocycles. The first kappa shape index (κ1) is 14.8. The number of carbonyl (C=O) groups is 2. The molecule has 1 heterocycles. The Balaban J connectivity index is 2.05. The average molecular weight is 262 g/mol. The summed E-state index contributed by atoms with van der Waals surface area (Å²) in [4.78, 5) is 26.4. The Kier molecular flexibility index (Phi) is 6.89. The first-order valence-electron chi connectivity index (χ1n) is 6.00. The van der Waals surface area contributed by atoms with Gasteiger partial charge in [-0.25, -0.2) is 0 Å². The van der Waals surface area contributed by atoms with Crippen LogP contribution in [0, 0.1) is 0 Å². The highest BCUT2D eigenvalue weighted by Crippen LogP contribution is 1.91. The fraction of sp³-hybridized carbons (Fsp3) is 0.308. The van der Waals surface area contributed by atoms with Crippen molar-refractivity contribution in [3.8, 4) is 0 Å². The maximum absolute atomic E-state index is 11.5. The van der Waals surface area contributed by atoms with Gasteiger partial charge in [-0.15, -0.1) is 0 Å². The minimum Gasteiger partial charge on any atom is -0.351 e. The van der Waals surface area contributed by atoms with Gasteiger partial charge in [-0.1, -0.05) is 12.6 Å². The van der Waals surface area contributed by atoms with E-state index < -0.39 is 0 Å². The van der Waals surface area contributed by atoms with E-state index in [9.17, 15) is 9.59 Å². The zero-order chi connectivity index (χ0) is 13.9. The molecule has 0 aromatic carbocycles. The summed E-state index contributed by atoms with van der Waals surface area (Å²) < 4.78 is 0. The molecule has 1 rings (SSSR count). The van der Waals surface area contributed by atoms with Crippen molar-refractivity contribution in [3.05, 3.63) is 42.7 Å². The average Bonchev–Trinajstić information content (AvgIpc) is 2.45. The summed E-state index contributed by atoms with van der Waals surface area (Å²) in [5.41, 5.74) is 0.814. The second-order valence-corrected chi connectivity index (χ2v) is 3.77. The molecule has 0 bridgehead atoms. The lowest BCUT2D eigenvalue weighted by atomic mass is 10.3. The van der Waals surface area contributed by atoms with E-state index in [1.54, 1.807) is 6.20 Å². The van der Waals surface area contributed by atoms with Gasteiger partial charge >= 0.3 is 0 Å². The lowest BCUT2D eigenvalue weighted by Crippen LogP contribution is -2.37. The molecule has 0 radical (unpaired) electrons. The van der Waals surface area contributed by atoms with Gasteiger partial charge in [-0.3, -0.25) is 14.6 Å². The summed E-state index contributed by atoms with van der Waals surface area (Å²) in [6.45, 7) is 4.94. The van der Waals surface area contributed by atoms with Crippen LogP contribution >= 0.6 is 0 Å². The lowest BCUT2D eigenvalue weighted by molar-refractivity contribution is -0.120. The van der Waals surface area contributed by atoms with Crippen molar-refractivity contribution < 1.29 is 9.59 Å². The number of pyridine rings is 1. The van der Waals surface area contributed by atoms with E-state index in [1.807, 2.05) is 18.2 Å². The van der Waals surface area contributed by atoms with E-state index in [4.69, 9.17) is 0 Å². The first-order chi connectivity index (χ1) is 9.22. The Labute approximate surface area is 112 Å². The van der Waals surface area contributed by atoms with Gasteiger partial charge in [0, 0.05) is 19.3 Å². The molecular formula is C13H18N4O2. The van der Waals surface area contributed by atoms with Crippen LogP contribution in [0.5, 0.6) is 0 Å². The van der Waals surface area contributed by atoms with Gasteiger partial charge in [0.2, 0.25) is 11.8 Å². The summed E-state index contributed by atoms with van der Waals surface area (Å²) in [6.07, 6.45) is 2.89. The second-order valence-electron chi connectivity index (χ2n) is 3.77. The number of hydrogen-bond acceptors (Lipinski definition) is 4. The van der Waals surface area contributed by atoms with Gasteiger partial charge in [-0.2, -0.15) is 0 Å². The van der Waals surface area contributed by atoms with E-state index in [-0.39, 0.29) is 18.4 Å². The summed E-state index contributed by atoms with van der Waals surface area (Å²) in [5.74, 6) is -0.331. The highest BCUT2D eigenvalue weighted by molar-refractivity contribution is 5.86. The van der Waals surface area contributed by atoms with Crippen LogP contribution in [0.15, 0.2) is 37.1 Å². The molecule has 0 atom stereocenters. The molecule has 102 valence electrons. The Morgan fingerprint density at radius 1 is 1.26 bits per heavy atom. The Morgan fingerprint density at radius 3 is 2.79 bits per heavy atom. The molecule has 6 nitrogen and oxygen atoms in total. The van der Waals surface area contributed by atoms with Crippen molar-refractivity contribution in [3.63, 3.8) is 0 Å². The molecule has 1 aromatic heterocycles. The van der Waals surface area contributed by atoms with Crippen molar-refractivity contribution in [2.45, 2.75) is 6.54 Å². The van der Waals surface area contributed by atoms with Crippen molar-refractivity contribution >= 4 is 11.8 Å². The molecule has 1 aromatic rings. The molecule has 0 unspecified atom stereocenters. The Hall–Kier alpha value is -2.21. The normalized spacial score (nSPS) is 9.68. The maximum Gasteiger partial charge on any atom is 0.243 e. The quantitative estimate of drug-likeness (QED) is 0.439. The van der Waals surface area contributed by atoms with Crippen molar-refractivity contribution in [1.82, 2.24) is 20.9 Å². The number of aromatic nitrogens is 1. The Bertz CT molecular complexity index is 420. The molecule has 6 heteroatoms. The largest absolute Gasteiger partial charge is 0.351 e. The minimum atomic E-state index is -0.221. The van der Waals surface area contributed by atoms with Crippen LogP contribution < -0.4 is 16.0 Å². The van der Waals surface area contributed by atoms with Gasteiger partial charge in [0.25, 0.3) is 0 Å². The fourth-order valence-electron chi connectivity index (χ4n) is 1.30. The second kappa shape index (κ2) is 8.82. The minimum absolute atomic E-state index is 0.110. The third-order valence-corrected chi connectivity index (χ3v) is 2.26. The van der Waals surface area contributed by atoms with Gasteiger partial charge < -0.3 is 16.0 Å². The van der Waals surface area contributed by atoms with Crippen LogP contribution in [0.3, 0.4) is 0 Å². The van der Waals surface area contributed by atoms with Crippen molar-refractivity contribution in [2.24, 2.45) is 0 Å². The summed E-state index contributed by atoms with van der Waals surface area (Å²) in [6, 6.07) is 5.54. The van der Waals surface area contributed by atoms with Crippen LogP contribution in [-0.2, 0) is 16.1 Å². The highest BCUT2D eigenvalue weighted by Gasteiger charge is 2.01. The van der Waals surface area contributed by atoms with Crippen molar-refractivity contribution in [1.29, 1.82) is 0 Å². The van der Waals surface area contributed by atoms with Crippen LogP contribution in [0.4, 0.5) is 0 Å². The smallest absolute Gasteiger partial charge is 0.243 e. The monoisotopic (exact) mass is 262 g/mol. The molecule has 0 spiro atoms. The fourth-order valence-corrected chi connectivity index (χ4v) is 1.30. The Morgan fingerprint density at radius 2 is 2.11 bits per heavy atom. The third-order valence-electron chi connectivity index (χ3n) is 2.26. The van der Waals surface area contributed by atoms with E-state index in [0.29, 0.717) is 19.6 Å². The molecule has 0 aliphatic heterocycles. The number of rotatable bonds is 8. The van der Waals surface area contributed by atoms with E-state index >= 15 is 0 Å². The molecule has 0 aliphatic carbocycles. The number of nitrogens with zero attached hydrogens (tertiary/aromatic N) is 1. The van der Waals surface area contributed by atoms with Gasteiger partial charge in [-0.05, 0) is 18.2 Å². The van der Waals surface area contributed by atoms with Crippen LogP contribution in [-0.4, -0.2) is 36.4 Å². The van der Waals surface area contributed by atoms with Gasteiger partial charge in [0.15, 0.2) is 0 Å². The van der Waals surface area contributed by atoms with E-state index in [1.165, 1.54) is 6.08 Å². The molecular weight excluding hydrogens is 244 g/mol. The van der Waals surface area contributed by atoms with E-state index in [0.717, 1.165) is 5.69 Å². The predicted octanol–water partition coefficient (Wildman–Crippen LogP) is -0.410. The van der Waals surface area contributed by atoms with E-state index in [2.05, 4.69) is 27.5 Å². The maximum atomic E-state index is 11.5. The molecule has 19 heavy (non-hydrogen) atoms. The lowest BCUT2D eigenvalue weighted by Gasteiger charge is -2.06. The predicted molar refractivity (Wildman–Crippen MR) is 72.2 cm³/mol. The van der Waals surface area contributed by atoms with Crippen LogP contribution in [0.2, 0.25) is 0 Å². The van der Waals surface area contributed by atoms with Crippen LogP contribution in [0.25, 0.3) is 0 Å². The van der Waals surface area contributed by atoms with Crippen molar-refractivity contribution in [2.75, 3.05) is 19.6 Å². The number of hydrogen-bond donors (Lipinski definition) is 3. The van der Waals surface area contributed by atoms with Gasteiger partial charge in [0.05, 0.1) is 18.8 Å². The van der Waals surface area contributed by atoms with Gasteiger partial charge in [0.1, 0.15) is 0 Å². The summed E-state index contributed by atoms with van der Waals surface area (Å²) in [7, 11) is 0. The summed E-state index contributed by atoms with van der Waals surface area (Å²) in [5, 5.41) is 8.26. The SMILES string of the molecule is C=CC(=O)NCCNCC(=O)NCc1ccccn1. The molecule has 2 amide bonds. The molecule has 3 N–H and O–H groups in total. The number of amides is 2. The standard InChI is InChI=1S/C13H18N4O2/c1-2-12(18)16-8-7-14-10-13(19)17-9-11-5-3-4-6-15-11/h2-6,14H,1,7-10H2,(H,16,18)(H,17,19). The zero-order valence-corrected chi connectivity index (χ0v) is 10.7. The van der Waals surface area contributed by atoms with Crippen LogP contribution in [0.1, 0.15) is 5.69 Å². The highest BCUT2D eigenvalue weighted by atomic mass is 16.2. The molecule has 0 aliphatic rings. The topological polar surface area (TPSA) is 83.1 Å². The number of nitrogens with one attached hydrogen (secondary N) is 3. The first-order valence-corrected chi connectivity index (χ1v) is 6.00. The zero-order valence-electron chi connectivity index (χ0n) is 10.7. The molecule has 0 fully saturated rings.